The summed E-state index contributed by atoms with van der Waals surface area (Å²) in [7, 11) is 1.51. The molecular weight excluding hydrogens is 378 g/mol. The molecule has 1 fully saturated rings. The van der Waals surface area contributed by atoms with Gasteiger partial charge < -0.3 is 4.90 Å². The first kappa shape index (κ1) is 16.8. The lowest BCUT2D eigenvalue weighted by atomic mass is 10.1. The first-order valence-electron chi connectivity index (χ1n) is 6.86. The second kappa shape index (κ2) is 6.67. The van der Waals surface area contributed by atoms with Crippen molar-refractivity contribution in [3.05, 3.63) is 28.2 Å². The van der Waals surface area contributed by atoms with Crippen LogP contribution >= 0.6 is 26.6 Å². The van der Waals surface area contributed by atoms with E-state index < -0.39 is 9.05 Å². The maximum atomic E-state index is 12.7. The Labute approximate surface area is 138 Å². The highest BCUT2D eigenvalue weighted by Crippen LogP contribution is 2.26. The molecule has 0 N–H and O–H groups in total. The number of rotatable bonds is 2. The zero-order chi connectivity index (χ0) is 15.6. The number of nitrogens with zero attached hydrogens (tertiary/aromatic N) is 1. The van der Waals surface area contributed by atoms with Crippen molar-refractivity contribution in [1.82, 2.24) is 4.90 Å². The first-order chi connectivity index (χ1) is 9.80. The fraction of sp³-hybridized carbons (Fsp3) is 0.500. The van der Waals surface area contributed by atoms with E-state index in [0.29, 0.717) is 16.6 Å². The highest BCUT2D eigenvalue weighted by Gasteiger charge is 2.25. The second-order valence-corrected chi connectivity index (χ2v) is 8.70. The summed E-state index contributed by atoms with van der Waals surface area (Å²) in [5, 5.41) is 0. The van der Waals surface area contributed by atoms with Gasteiger partial charge in [-0.2, -0.15) is 0 Å². The molecule has 1 atom stereocenters. The van der Waals surface area contributed by atoms with Crippen molar-refractivity contribution in [3.63, 3.8) is 0 Å². The predicted octanol–water partition coefficient (Wildman–Crippen LogP) is 3.78. The zero-order valence-electron chi connectivity index (χ0n) is 11.7. The Kier molecular flexibility index (Phi) is 5.33. The smallest absolute Gasteiger partial charge is 0.261 e. The van der Waals surface area contributed by atoms with Crippen LogP contribution in [0.5, 0.6) is 0 Å². The van der Waals surface area contributed by atoms with Crippen LogP contribution in [0.3, 0.4) is 0 Å². The van der Waals surface area contributed by atoms with Crippen molar-refractivity contribution in [2.24, 2.45) is 0 Å². The molecule has 4 nitrogen and oxygen atoms in total. The van der Waals surface area contributed by atoms with Gasteiger partial charge in [-0.1, -0.05) is 12.8 Å². The lowest BCUT2D eigenvalue weighted by molar-refractivity contribution is 0.0696. The molecule has 0 aliphatic carbocycles. The molecule has 116 valence electrons. The zero-order valence-corrected chi connectivity index (χ0v) is 14.8. The third-order valence-corrected chi connectivity index (χ3v) is 5.81. The van der Waals surface area contributed by atoms with E-state index in [1.54, 1.807) is 6.07 Å². The van der Waals surface area contributed by atoms with E-state index in [1.807, 2.05) is 11.8 Å². The van der Waals surface area contributed by atoms with Gasteiger partial charge in [0.25, 0.3) is 15.0 Å². The van der Waals surface area contributed by atoms with Crippen molar-refractivity contribution in [2.45, 2.75) is 43.5 Å². The summed E-state index contributed by atoms with van der Waals surface area (Å²) in [6, 6.07) is 4.43. The second-order valence-electron chi connectivity index (χ2n) is 5.28. The van der Waals surface area contributed by atoms with Crippen molar-refractivity contribution in [1.29, 1.82) is 0 Å². The van der Waals surface area contributed by atoms with Gasteiger partial charge in [-0.25, -0.2) is 8.42 Å². The standard InChI is InChI=1S/C14H17BrClNO3S/c1-10-5-3-2-4-8-17(10)14(18)12-9-11(21(16,19)20)6-7-13(12)15/h6-7,9-10H,2-5,8H2,1H3. The number of hydrogen-bond donors (Lipinski definition) is 0. The van der Waals surface area contributed by atoms with Gasteiger partial charge in [0.1, 0.15) is 0 Å². The number of benzene rings is 1. The van der Waals surface area contributed by atoms with Crippen LogP contribution in [0.1, 0.15) is 43.0 Å². The third-order valence-electron chi connectivity index (χ3n) is 3.76. The van der Waals surface area contributed by atoms with Gasteiger partial charge in [0.15, 0.2) is 0 Å². The summed E-state index contributed by atoms with van der Waals surface area (Å²) in [4.78, 5) is 14.5. The molecule has 2 rings (SSSR count). The molecule has 0 aromatic heterocycles. The molecule has 1 aromatic rings. The fourth-order valence-electron chi connectivity index (χ4n) is 2.55. The molecule has 0 saturated carbocycles. The molecular formula is C14H17BrClNO3S. The van der Waals surface area contributed by atoms with E-state index in [1.165, 1.54) is 12.1 Å². The highest BCUT2D eigenvalue weighted by atomic mass is 79.9. The number of carbonyl (C=O) groups excluding carboxylic acids is 1. The molecule has 0 spiro atoms. The van der Waals surface area contributed by atoms with Crippen LogP contribution in [-0.2, 0) is 9.05 Å². The summed E-state index contributed by atoms with van der Waals surface area (Å²) in [5.41, 5.74) is 0.338. The van der Waals surface area contributed by atoms with Gasteiger partial charge in [-0.05, 0) is 53.9 Å². The molecule has 0 radical (unpaired) electrons. The topological polar surface area (TPSA) is 54.5 Å². The van der Waals surface area contributed by atoms with Crippen LogP contribution in [0.25, 0.3) is 0 Å². The van der Waals surface area contributed by atoms with Crippen molar-refractivity contribution >= 4 is 41.6 Å². The maximum absolute atomic E-state index is 12.7. The van der Waals surface area contributed by atoms with Crippen LogP contribution < -0.4 is 0 Å². The summed E-state index contributed by atoms with van der Waals surface area (Å²) >= 11 is 3.32. The molecule has 1 saturated heterocycles. The average Bonchev–Trinajstić information content (AvgIpc) is 2.62. The third kappa shape index (κ3) is 3.99. The molecule has 1 amide bonds. The Hall–Kier alpha value is -0.590. The number of halogens is 2. The lowest BCUT2D eigenvalue weighted by Crippen LogP contribution is -2.38. The predicted molar refractivity (Wildman–Crippen MR) is 86.1 cm³/mol. The summed E-state index contributed by atoms with van der Waals surface area (Å²) in [6.07, 6.45) is 4.17. The van der Waals surface area contributed by atoms with E-state index in [9.17, 15) is 13.2 Å². The molecule has 21 heavy (non-hydrogen) atoms. The largest absolute Gasteiger partial charge is 0.336 e. The van der Waals surface area contributed by atoms with E-state index in [4.69, 9.17) is 10.7 Å². The van der Waals surface area contributed by atoms with Gasteiger partial charge in [0, 0.05) is 27.7 Å². The van der Waals surface area contributed by atoms with Crippen LogP contribution in [0.4, 0.5) is 0 Å². The molecule has 0 bridgehead atoms. The maximum Gasteiger partial charge on any atom is 0.261 e. The molecule has 1 aromatic carbocycles. The monoisotopic (exact) mass is 393 g/mol. The Bertz CT molecular complexity index is 648. The van der Waals surface area contributed by atoms with Gasteiger partial charge in [0.2, 0.25) is 0 Å². The normalized spacial score (nSPS) is 20.1. The quantitative estimate of drug-likeness (QED) is 0.717. The van der Waals surface area contributed by atoms with E-state index in [-0.39, 0.29) is 16.8 Å². The van der Waals surface area contributed by atoms with Crippen molar-refractivity contribution < 1.29 is 13.2 Å². The lowest BCUT2D eigenvalue weighted by Gasteiger charge is -2.27. The Morgan fingerprint density at radius 2 is 2.05 bits per heavy atom. The minimum absolute atomic E-state index is 0.0572. The molecule has 1 aliphatic heterocycles. The Balaban J connectivity index is 2.38. The van der Waals surface area contributed by atoms with Crippen molar-refractivity contribution in [3.8, 4) is 0 Å². The van der Waals surface area contributed by atoms with Crippen LogP contribution in [0.2, 0.25) is 0 Å². The van der Waals surface area contributed by atoms with Crippen LogP contribution in [0, 0.1) is 0 Å². The highest BCUT2D eigenvalue weighted by molar-refractivity contribution is 9.10. The Morgan fingerprint density at radius 1 is 1.33 bits per heavy atom. The van der Waals surface area contributed by atoms with E-state index in [0.717, 1.165) is 25.7 Å². The molecule has 1 heterocycles. The van der Waals surface area contributed by atoms with Crippen molar-refractivity contribution in [2.75, 3.05) is 6.54 Å². The number of hydrogen-bond acceptors (Lipinski definition) is 3. The van der Waals surface area contributed by atoms with Crippen LogP contribution in [0.15, 0.2) is 27.6 Å². The fourth-order valence-corrected chi connectivity index (χ4v) is 3.74. The number of amides is 1. The summed E-state index contributed by atoms with van der Waals surface area (Å²) in [5.74, 6) is -0.154. The van der Waals surface area contributed by atoms with E-state index >= 15 is 0 Å². The number of carbonyl (C=O) groups is 1. The van der Waals surface area contributed by atoms with Gasteiger partial charge in [0.05, 0.1) is 10.5 Å². The molecule has 1 aliphatic rings. The minimum atomic E-state index is -3.85. The first-order valence-corrected chi connectivity index (χ1v) is 9.96. The van der Waals surface area contributed by atoms with Gasteiger partial charge in [-0.15, -0.1) is 0 Å². The van der Waals surface area contributed by atoms with Gasteiger partial charge >= 0.3 is 0 Å². The van der Waals surface area contributed by atoms with E-state index in [2.05, 4.69) is 15.9 Å². The minimum Gasteiger partial charge on any atom is -0.336 e. The number of likely N-dealkylation sites (tertiary alicyclic amines) is 1. The molecule has 7 heteroatoms. The van der Waals surface area contributed by atoms with Gasteiger partial charge in [-0.3, -0.25) is 4.79 Å². The molecule has 1 unspecified atom stereocenters. The average molecular weight is 395 g/mol. The van der Waals surface area contributed by atoms with Crippen LogP contribution in [-0.4, -0.2) is 31.8 Å². The summed E-state index contributed by atoms with van der Waals surface area (Å²) in [6.45, 7) is 2.73. The SMILES string of the molecule is CC1CCCCCN1C(=O)c1cc(S(=O)(=O)Cl)ccc1Br. The Morgan fingerprint density at radius 3 is 2.71 bits per heavy atom. The summed E-state index contributed by atoms with van der Waals surface area (Å²) < 4.78 is 23.5.